The number of rotatable bonds is 9. The van der Waals surface area contributed by atoms with E-state index in [0.29, 0.717) is 0 Å². The molecule has 0 amide bonds. The number of fused-ring (bicyclic) bond motifs is 2. The van der Waals surface area contributed by atoms with Gasteiger partial charge in [-0.15, -0.1) is 0 Å². The Morgan fingerprint density at radius 2 is 1.94 bits per heavy atom. The van der Waals surface area contributed by atoms with Crippen molar-refractivity contribution in [1.82, 2.24) is 5.32 Å². The minimum Gasteiger partial charge on any atom is -0.314 e. The summed E-state index contributed by atoms with van der Waals surface area (Å²) in [6, 6.07) is 0.800. The summed E-state index contributed by atoms with van der Waals surface area (Å²) in [5.41, 5.74) is 0. The van der Waals surface area contributed by atoms with E-state index in [1.54, 1.807) is 25.7 Å². The lowest BCUT2D eigenvalue weighted by atomic mass is 9.84. The maximum atomic E-state index is 3.73. The normalized spacial score (nSPS) is 32.0. The van der Waals surface area contributed by atoms with Crippen LogP contribution in [0.25, 0.3) is 0 Å². The third kappa shape index (κ3) is 3.98. The molecule has 4 unspecified atom stereocenters. The van der Waals surface area contributed by atoms with Crippen LogP contribution in [-0.2, 0) is 0 Å². The van der Waals surface area contributed by atoms with Crippen molar-refractivity contribution < 1.29 is 0 Å². The summed E-state index contributed by atoms with van der Waals surface area (Å²) < 4.78 is 0. The quantitative estimate of drug-likeness (QED) is 0.623. The van der Waals surface area contributed by atoms with Crippen molar-refractivity contribution in [1.29, 1.82) is 0 Å². The van der Waals surface area contributed by atoms with Crippen LogP contribution in [0.1, 0.15) is 78.1 Å². The molecule has 18 heavy (non-hydrogen) atoms. The van der Waals surface area contributed by atoms with Crippen LogP contribution in [0.15, 0.2) is 0 Å². The minimum atomic E-state index is 0.800. The SMILES string of the molecule is CCCNC(CCC)CCCC1CC2CCC1C2. The van der Waals surface area contributed by atoms with E-state index in [-0.39, 0.29) is 0 Å². The second-order valence-corrected chi connectivity index (χ2v) is 6.81. The smallest absolute Gasteiger partial charge is 0.00669 e. The van der Waals surface area contributed by atoms with Crippen LogP contribution in [0.3, 0.4) is 0 Å². The Bertz CT molecular complexity index is 226. The lowest BCUT2D eigenvalue weighted by molar-refractivity contribution is 0.297. The van der Waals surface area contributed by atoms with E-state index < -0.39 is 0 Å². The molecular formula is C17H33N. The van der Waals surface area contributed by atoms with E-state index in [1.165, 1.54) is 45.1 Å². The topological polar surface area (TPSA) is 12.0 Å². The van der Waals surface area contributed by atoms with Gasteiger partial charge in [0, 0.05) is 6.04 Å². The molecule has 1 N–H and O–H groups in total. The first-order chi connectivity index (χ1) is 8.83. The fourth-order valence-electron chi connectivity index (χ4n) is 4.40. The molecule has 0 aliphatic heterocycles. The minimum absolute atomic E-state index is 0.800. The molecule has 0 aromatic heterocycles. The first-order valence-electron chi connectivity index (χ1n) is 8.56. The van der Waals surface area contributed by atoms with Crippen molar-refractivity contribution in [3.05, 3.63) is 0 Å². The van der Waals surface area contributed by atoms with E-state index in [1.807, 2.05) is 0 Å². The molecule has 2 rings (SSSR count). The molecule has 1 nitrogen and oxygen atoms in total. The average Bonchev–Trinajstić information content (AvgIpc) is 2.98. The van der Waals surface area contributed by atoms with Gasteiger partial charge in [0.2, 0.25) is 0 Å². The van der Waals surface area contributed by atoms with Crippen molar-refractivity contribution in [2.45, 2.75) is 84.1 Å². The fraction of sp³-hybridized carbons (Fsp3) is 1.00. The van der Waals surface area contributed by atoms with Crippen LogP contribution < -0.4 is 5.32 Å². The number of nitrogens with one attached hydrogen (secondary N) is 1. The molecule has 4 atom stereocenters. The summed E-state index contributed by atoms with van der Waals surface area (Å²) in [5.74, 6) is 3.37. The average molecular weight is 251 g/mol. The first-order valence-corrected chi connectivity index (χ1v) is 8.56. The van der Waals surface area contributed by atoms with E-state index in [4.69, 9.17) is 0 Å². The van der Waals surface area contributed by atoms with Crippen molar-refractivity contribution in [2.24, 2.45) is 17.8 Å². The van der Waals surface area contributed by atoms with E-state index in [9.17, 15) is 0 Å². The maximum Gasteiger partial charge on any atom is 0.00669 e. The van der Waals surface area contributed by atoms with Crippen molar-refractivity contribution in [3.63, 3.8) is 0 Å². The number of hydrogen-bond donors (Lipinski definition) is 1. The summed E-state index contributed by atoms with van der Waals surface area (Å²) in [6.45, 7) is 5.79. The Kier molecular flexibility index (Phi) is 6.01. The highest BCUT2D eigenvalue weighted by Crippen LogP contribution is 2.49. The molecule has 0 saturated heterocycles. The Morgan fingerprint density at radius 3 is 2.56 bits per heavy atom. The Balaban J connectivity index is 1.60. The lowest BCUT2D eigenvalue weighted by Gasteiger charge is -2.23. The molecule has 106 valence electrons. The summed E-state index contributed by atoms with van der Waals surface area (Å²) >= 11 is 0. The predicted octanol–water partition coefficient (Wildman–Crippen LogP) is 4.76. The largest absolute Gasteiger partial charge is 0.314 e. The molecule has 2 aliphatic carbocycles. The lowest BCUT2D eigenvalue weighted by Crippen LogP contribution is -2.29. The fourth-order valence-corrected chi connectivity index (χ4v) is 4.40. The summed E-state index contributed by atoms with van der Waals surface area (Å²) in [4.78, 5) is 0. The van der Waals surface area contributed by atoms with Crippen LogP contribution in [0.4, 0.5) is 0 Å². The Labute approximate surface area is 114 Å². The summed E-state index contributed by atoms with van der Waals surface area (Å²) in [5, 5.41) is 3.73. The molecule has 0 aromatic rings. The maximum absolute atomic E-state index is 3.73. The molecule has 2 saturated carbocycles. The van der Waals surface area contributed by atoms with Crippen LogP contribution in [-0.4, -0.2) is 12.6 Å². The van der Waals surface area contributed by atoms with Gasteiger partial charge in [-0.25, -0.2) is 0 Å². The third-order valence-corrected chi connectivity index (χ3v) is 5.33. The highest BCUT2D eigenvalue weighted by atomic mass is 14.9. The highest BCUT2D eigenvalue weighted by molar-refractivity contribution is 4.89. The van der Waals surface area contributed by atoms with Crippen LogP contribution in [0.2, 0.25) is 0 Å². The summed E-state index contributed by atoms with van der Waals surface area (Å²) in [6.07, 6.45) is 14.6. The van der Waals surface area contributed by atoms with Gasteiger partial charge in [0.05, 0.1) is 0 Å². The van der Waals surface area contributed by atoms with Crippen LogP contribution in [0.5, 0.6) is 0 Å². The van der Waals surface area contributed by atoms with Gasteiger partial charge >= 0.3 is 0 Å². The van der Waals surface area contributed by atoms with Gasteiger partial charge in [-0.05, 0) is 62.8 Å². The molecule has 0 heterocycles. The molecule has 0 aromatic carbocycles. The van der Waals surface area contributed by atoms with Crippen LogP contribution >= 0.6 is 0 Å². The standard InChI is InChI=1S/C17H33N/c1-3-6-17(18-11-4-2)8-5-7-15-12-14-9-10-16(15)13-14/h14-18H,3-13H2,1-2H3. The first kappa shape index (κ1) is 14.4. The van der Waals surface area contributed by atoms with Gasteiger partial charge in [0.15, 0.2) is 0 Å². The van der Waals surface area contributed by atoms with E-state index >= 15 is 0 Å². The molecule has 0 radical (unpaired) electrons. The van der Waals surface area contributed by atoms with Gasteiger partial charge in [0.25, 0.3) is 0 Å². The molecule has 0 spiro atoms. The molecular weight excluding hydrogens is 218 g/mol. The van der Waals surface area contributed by atoms with Gasteiger partial charge < -0.3 is 5.32 Å². The highest BCUT2D eigenvalue weighted by Gasteiger charge is 2.38. The van der Waals surface area contributed by atoms with Crippen LogP contribution in [0, 0.1) is 17.8 Å². The Morgan fingerprint density at radius 1 is 1.06 bits per heavy atom. The molecule has 2 fully saturated rings. The third-order valence-electron chi connectivity index (χ3n) is 5.33. The summed E-state index contributed by atoms with van der Waals surface area (Å²) in [7, 11) is 0. The second kappa shape index (κ2) is 7.53. The zero-order chi connectivity index (χ0) is 12.8. The second-order valence-electron chi connectivity index (χ2n) is 6.81. The Hall–Kier alpha value is -0.0400. The van der Waals surface area contributed by atoms with Gasteiger partial charge in [0.1, 0.15) is 0 Å². The zero-order valence-corrected chi connectivity index (χ0v) is 12.6. The van der Waals surface area contributed by atoms with Crippen molar-refractivity contribution in [2.75, 3.05) is 6.54 Å². The zero-order valence-electron chi connectivity index (χ0n) is 12.6. The van der Waals surface area contributed by atoms with E-state index in [0.717, 1.165) is 23.8 Å². The van der Waals surface area contributed by atoms with Crippen molar-refractivity contribution >= 4 is 0 Å². The molecule has 2 aliphatic rings. The van der Waals surface area contributed by atoms with Crippen molar-refractivity contribution in [3.8, 4) is 0 Å². The van der Waals surface area contributed by atoms with Gasteiger partial charge in [-0.3, -0.25) is 0 Å². The van der Waals surface area contributed by atoms with E-state index in [2.05, 4.69) is 19.2 Å². The molecule has 2 bridgehead atoms. The number of hydrogen-bond acceptors (Lipinski definition) is 1. The van der Waals surface area contributed by atoms with Gasteiger partial charge in [-0.2, -0.15) is 0 Å². The molecule has 1 heteroatoms. The predicted molar refractivity (Wildman–Crippen MR) is 79.8 cm³/mol. The van der Waals surface area contributed by atoms with Gasteiger partial charge in [-0.1, -0.05) is 39.5 Å². The monoisotopic (exact) mass is 251 g/mol.